The average molecular weight is 407 g/mol. The quantitative estimate of drug-likeness (QED) is 0.725. The summed E-state index contributed by atoms with van der Waals surface area (Å²) in [4.78, 5) is 24.4. The van der Waals surface area contributed by atoms with Gasteiger partial charge in [-0.1, -0.05) is 35.3 Å². The van der Waals surface area contributed by atoms with Gasteiger partial charge in [-0.25, -0.2) is 4.79 Å². The number of benzene rings is 2. The summed E-state index contributed by atoms with van der Waals surface area (Å²) in [6.07, 6.45) is -2.08. The van der Waals surface area contributed by atoms with Crippen LogP contribution in [0.4, 0.5) is 5.69 Å². The summed E-state index contributed by atoms with van der Waals surface area (Å²) in [7, 11) is 0. The van der Waals surface area contributed by atoms with Gasteiger partial charge in [-0.3, -0.25) is 4.79 Å². The van der Waals surface area contributed by atoms with Crippen molar-refractivity contribution in [2.45, 2.75) is 26.1 Å². The van der Waals surface area contributed by atoms with Crippen molar-refractivity contribution in [3.8, 4) is 11.8 Å². The maximum atomic E-state index is 12.2. The molecule has 1 amide bonds. The standard InChI is InChI=1S/C19H16Cl2N2O4/c1-11(18(24)23-16-6-4-3-5-13(16)10-22)27-19(25)12(2)26-17-8-7-14(20)9-15(17)21/h3-9,11-12H,1-2H3,(H,23,24)/t11-,12+/m0/s1. The molecule has 0 spiro atoms. The van der Waals surface area contributed by atoms with Crippen LogP contribution in [0.5, 0.6) is 5.75 Å². The number of rotatable bonds is 6. The van der Waals surface area contributed by atoms with Gasteiger partial charge in [-0.15, -0.1) is 0 Å². The summed E-state index contributed by atoms with van der Waals surface area (Å²) in [6, 6.07) is 13.1. The summed E-state index contributed by atoms with van der Waals surface area (Å²) < 4.78 is 10.6. The molecule has 0 aliphatic carbocycles. The van der Waals surface area contributed by atoms with Crippen molar-refractivity contribution in [1.29, 1.82) is 5.26 Å². The van der Waals surface area contributed by atoms with Crippen LogP contribution in [0.1, 0.15) is 19.4 Å². The van der Waals surface area contributed by atoms with E-state index >= 15 is 0 Å². The zero-order valence-electron chi connectivity index (χ0n) is 14.5. The topological polar surface area (TPSA) is 88.4 Å². The fourth-order valence-corrected chi connectivity index (χ4v) is 2.51. The van der Waals surface area contributed by atoms with Crippen LogP contribution in [0.3, 0.4) is 0 Å². The number of ether oxygens (including phenoxy) is 2. The first-order valence-electron chi connectivity index (χ1n) is 7.94. The molecule has 27 heavy (non-hydrogen) atoms. The zero-order valence-corrected chi connectivity index (χ0v) is 16.0. The maximum absolute atomic E-state index is 12.2. The Balaban J connectivity index is 1.95. The number of hydrogen-bond donors (Lipinski definition) is 1. The second kappa shape index (κ2) is 9.26. The molecular formula is C19H16Cl2N2O4. The molecule has 8 heteroatoms. The minimum atomic E-state index is -1.09. The van der Waals surface area contributed by atoms with Crippen molar-refractivity contribution < 1.29 is 19.1 Å². The number of esters is 1. The van der Waals surface area contributed by atoms with E-state index in [2.05, 4.69) is 5.32 Å². The average Bonchev–Trinajstić information content (AvgIpc) is 2.64. The molecule has 0 unspecified atom stereocenters. The van der Waals surface area contributed by atoms with Gasteiger partial charge in [0.1, 0.15) is 11.8 Å². The summed E-state index contributed by atoms with van der Waals surface area (Å²) in [5.74, 6) is -1.04. The SMILES string of the molecule is C[C@H](OC(=O)[C@@H](C)Oc1ccc(Cl)cc1Cl)C(=O)Nc1ccccc1C#N. The van der Waals surface area contributed by atoms with Gasteiger partial charge in [0.25, 0.3) is 5.91 Å². The van der Waals surface area contributed by atoms with Crippen molar-refractivity contribution in [2.75, 3.05) is 5.32 Å². The van der Waals surface area contributed by atoms with E-state index in [4.69, 9.17) is 37.9 Å². The van der Waals surface area contributed by atoms with Gasteiger partial charge in [0, 0.05) is 5.02 Å². The predicted molar refractivity (Wildman–Crippen MR) is 102 cm³/mol. The third kappa shape index (κ3) is 5.61. The van der Waals surface area contributed by atoms with Crippen LogP contribution in [-0.4, -0.2) is 24.1 Å². The highest BCUT2D eigenvalue weighted by atomic mass is 35.5. The molecule has 2 atom stereocenters. The number of para-hydroxylation sites is 1. The third-order valence-electron chi connectivity index (χ3n) is 3.50. The van der Waals surface area contributed by atoms with Gasteiger partial charge < -0.3 is 14.8 Å². The minimum Gasteiger partial charge on any atom is -0.477 e. The summed E-state index contributed by atoms with van der Waals surface area (Å²) in [6.45, 7) is 2.90. The normalized spacial score (nSPS) is 12.4. The predicted octanol–water partition coefficient (Wildman–Crippen LogP) is 4.20. The molecule has 0 aromatic heterocycles. The van der Waals surface area contributed by atoms with Gasteiger partial charge in [0.05, 0.1) is 16.3 Å². The number of nitrogens with zero attached hydrogens (tertiary/aromatic N) is 1. The molecule has 140 valence electrons. The Hall–Kier alpha value is -2.75. The summed E-state index contributed by atoms with van der Waals surface area (Å²) >= 11 is 11.8. The van der Waals surface area contributed by atoms with Crippen LogP contribution in [0.15, 0.2) is 42.5 Å². The number of carbonyl (C=O) groups is 2. The van der Waals surface area contributed by atoms with E-state index in [1.807, 2.05) is 6.07 Å². The van der Waals surface area contributed by atoms with Gasteiger partial charge in [-0.2, -0.15) is 5.26 Å². The Bertz CT molecular complexity index is 896. The fourth-order valence-electron chi connectivity index (χ4n) is 2.06. The summed E-state index contributed by atoms with van der Waals surface area (Å²) in [5, 5.41) is 12.3. The third-order valence-corrected chi connectivity index (χ3v) is 4.03. The van der Waals surface area contributed by atoms with Crippen molar-refractivity contribution in [3.63, 3.8) is 0 Å². The van der Waals surface area contributed by atoms with Crippen molar-refractivity contribution in [3.05, 3.63) is 58.1 Å². The number of nitrogens with one attached hydrogen (secondary N) is 1. The second-order valence-corrected chi connectivity index (χ2v) is 6.40. The van der Waals surface area contributed by atoms with Crippen LogP contribution in [0.2, 0.25) is 10.0 Å². The molecule has 0 saturated heterocycles. The van der Waals surface area contributed by atoms with E-state index in [0.717, 1.165) is 0 Å². The molecule has 0 bridgehead atoms. The Morgan fingerprint density at radius 3 is 2.48 bits per heavy atom. The van der Waals surface area contributed by atoms with E-state index in [1.165, 1.54) is 26.0 Å². The lowest BCUT2D eigenvalue weighted by atomic mass is 10.2. The molecule has 0 radical (unpaired) electrons. The Labute approximate surface area is 166 Å². The molecule has 0 aliphatic rings. The smallest absolute Gasteiger partial charge is 0.347 e. The highest BCUT2D eigenvalue weighted by Crippen LogP contribution is 2.28. The van der Waals surface area contributed by atoms with Gasteiger partial charge in [0.2, 0.25) is 0 Å². The van der Waals surface area contributed by atoms with Crippen LogP contribution in [0.25, 0.3) is 0 Å². The molecule has 0 heterocycles. The highest BCUT2D eigenvalue weighted by Gasteiger charge is 2.24. The van der Waals surface area contributed by atoms with E-state index in [-0.39, 0.29) is 10.8 Å². The Morgan fingerprint density at radius 1 is 1.11 bits per heavy atom. The molecule has 6 nitrogen and oxygen atoms in total. The Kier molecular flexibility index (Phi) is 7.05. The lowest BCUT2D eigenvalue weighted by Crippen LogP contribution is -2.35. The highest BCUT2D eigenvalue weighted by molar-refractivity contribution is 6.35. The van der Waals surface area contributed by atoms with E-state index in [9.17, 15) is 9.59 Å². The first-order chi connectivity index (χ1) is 12.8. The molecular weight excluding hydrogens is 391 g/mol. The van der Waals surface area contributed by atoms with Crippen LogP contribution >= 0.6 is 23.2 Å². The molecule has 1 N–H and O–H groups in total. The fraction of sp³-hybridized carbons (Fsp3) is 0.211. The molecule has 0 fully saturated rings. The van der Waals surface area contributed by atoms with Crippen molar-refractivity contribution in [1.82, 2.24) is 0 Å². The summed E-state index contributed by atoms with van der Waals surface area (Å²) in [5.41, 5.74) is 0.642. The zero-order chi connectivity index (χ0) is 20.0. The maximum Gasteiger partial charge on any atom is 0.347 e. The Morgan fingerprint density at radius 2 is 1.81 bits per heavy atom. The molecule has 2 rings (SSSR count). The number of anilines is 1. The first-order valence-corrected chi connectivity index (χ1v) is 8.69. The van der Waals surface area contributed by atoms with Gasteiger partial charge >= 0.3 is 5.97 Å². The van der Waals surface area contributed by atoms with Gasteiger partial charge in [0.15, 0.2) is 12.2 Å². The number of hydrogen-bond acceptors (Lipinski definition) is 5. The minimum absolute atomic E-state index is 0.251. The number of amides is 1. The van der Waals surface area contributed by atoms with E-state index < -0.39 is 24.1 Å². The second-order valence-electron chi connectivity index (χ2n) is 5.56. The monoisotopic (exact) mass is 406 g/mol. The van der Waals surface area contributed by atoms with Crippen LogP contribution < -0.4 is 10.1 Å². The molecule has 0 aliphatic heterocycles. The lowest BCUT2D eigenvalue weighted by molar-refractivity contribution is -0.159. The first kappa shape index (κ1) is 20.6. The van der Waals surface area contributed by atoms with Crippen molar-refractivity contribution >= 4 is 40.8 Å². The molecule has 2 aromatic rings. The number of nitriles is 1. The largest absolute Gasteiger partial charge is 0.477 e. The van der Waals surface area contributed by atoms with E-state index in [0.29, 0.717) is 16.3 Å². The number of carbonyl (C=O) groups excluding carboxylic acids is 2. The van der Waals surface area contributed by atoms with E-state index in [1.54, 1.807) is 30.3 Å². The lowest BCUT2D eigenvalue weighted by Gasteiger charge is -2.18. The van der Waals surface area contributed by atoms with Crippen LogP contribution in [-0.2, 0) is 14.3 Å². The molecule has 2 aromatic carbocycles. The molecule has 0 saturated carbocycles. The van der Waals surface area contributed by atoms with Crippen LogP contribution in [0, 0.1) is 11.3 Å². The van der Waals surface area contributed by atoms with Gasteiger partial charge in [-0.05, 0) is 44.2 Å². The van der Waals surface area contributed by atoms with Crippen molar-refractivity contribution in [2.24, 2.45) is 0 Å². The number of halogens is 2.